The zero-order valence-electron chi connectivity index (χ0n) is 4.43. The van der Waals surface area contributed by atoms with Crippen molar-refractivity contribution < 1.29 is 14.6 Å². The van der Waals surface area contributed by atoms with Crippen molar-refractivity contribution in [3.8, 4) is 0 Å². The SMILES string of the molecule is CCOOC(C)=O. The molecule has 42 valence electrons. The summed E-state index contributed by atoms with van der Waals surface area (Å²) in [5, 5.41) is 0. The number of hydrogen-bond acceptors (Lipinski definition) is 3. The predicted molar refractivity (Wildman–Crippen MR) is 23.4 cm³/mol. The minimum absolute atomic E-state index is 0.402. The zero-order chi connectivity index (χ0) is 5.70. The third-order valence-electron chi connectivity index (χ3n) is 0.294. The Balaban J connectivity index is 2.82. The molecule has 0 aromatic heterocycles. The van der Waals surface area contributed by atoms with E-state index in [9.17, 15) is 4.79 Å². The fraction of sp³-hybridized carbons (Fsp3) is 0.750. The van der Waals surface area contributed by atoms with Crippen LogP contribution in [0.2, 0.25) is 0 Å². The maximum Gasteiger partial charge on any atom is 0.339 e. The molecule has 0 amide bonds. The molecular formula is C4H8O3. The van der Waals surface area contributed by atoms with Gasteiger partial charge in [-0.05, 0) is 6.92 Å². The van der Waals surface area contributed by atoms with E-state index in [1.807, 2.05) is 0 Å². The Kier molecular flexibility index (Phi) is 3.32. The maximum atomic E-state index is 9.86. The van der Waals surface area contributed by atoms with E-state index in [4.69, 9.17) is 0 Å². The summed E-state index contributed by atoms with van der Waals surface area (Å²) in [5.41, 5.74) is 0. The molecule has 0 radical (unpaired) electrons. The van der Waals surface area contributed by atoms with Crippen molar-refractivity contribution in [1.82, 2.24) is 0 Å². The second kappa shape index (κ2) is 3.61. The lowest BCUT2D eigenvalue weighted by molar-refractivity contribution is -0.267. The van der Waals surface area contributed by atoms with E-state index in [1.165, 1.54) is 6.92 Å². The van der Waals surface area contributed by atoms with Crippen LogP contribution in [0.25, 0.3) is 0 Å². The molecule has 0 aliphatic heterocycles. The molecule has 0 aromatic carbocycles. The Labute approximate surface area is 42.2 Å². The molecule has 0 aromatic rings. The Morgan fingerprint density at radius 1 is 1.71 bits per heavy atom. The van der Waals surface area contributed by atoms with E-state index in [-0.39, 0.29) is 0 Å². The topological polar surface area (TPSA) is 35.5 Å². The van der Waals surface area contributed by atoms with E-state index in [0.29, 0.717) is 6.61 Å². The molecule has 0 N–H and O–H groups in total. The van der Waals surface area contributed by atoms with Crippen LogP contribution in [-0.4, -0.2) is 12.6 Å². The average molecular weight is 104 g/mol. The molecule has 3 heteroatoms. The van der Waals surface area contributed by atoms with Crippen molar-refractivity contribution in [2.24, 2.45) is 0 Å². The highest BCUT2D eigenvalue weighted by molar-refractivity contribution is 5.65. The van der Waals surface area contributed by atoms with Crippen molar-refractivity contribution in [3.05, 3.63) is 0 Å². The highest BCUT2D eigenvalue weighted by atomic mass is 17.2. The van der Waals surface area contributed by atoms with Crippen LogP contribution in [0.3, 0.4) is 0 Å². The van der Waals surface area contributed by atoms with Gasteiger partial charge in [0.05, 0.1) is 6.61 Å². The molecule has 0 heterocycles. The van der Waals surface area contributed by atoms with E-state index < -0.39 is 5.97 Å². The van der Waals surface area contributed by atoms with Crippen molar-refractivity contribution in [2.75, 3.05) is 6.61 Å². The minimum atomic E-state index is -0.415. The van der Waals surface area contributed by atoms with Gasteiger partial charge in [0, 0.05) is 6.92 Å². The predicted octanol–water partition coefficient (Wildman–Crippen LogP) is 0.501. The molecule has 0 atom stereocenters. The third kappa shape index (κ3) is 5.43. The van der Waals surface area contributed by atoms with Crippen LogP contribution >= 0.6 is 0 Å². The van der Waals surface area contributed by atoms with Gasteiger partial charge in [-0.15, -0.1) is 0 Å². The fourth-order valence-corrected chi connectivity index (χ4v) is 0.142. The van der Waals surface area contributed by atoms with Crippen molar-refractivity contribution in [1.29, 1.82) is 0 Å². The van der Waals surface area contributed by atoms with Crippen LogP contribution in [0.15, 0.2) is 0 Å². The van der Waals surface area contributed by atoms with Gasteiger partial charge in [-0.2, -0.15) is 4.89 Å². The van der Waals surface area contributed by atoms with Crippen LogP contribution in [0.4, 0.5) is 0 Å². The second-order valence-electron chi connectivity index (χ2n) is 0.981. The van der Waals surface area contributed by atoms with Crippen LogP contribution in [-0.2, 0) is 14.6 Å². The number of rotatable bonds is 2. The fourth-order valence-electron chi connectivity index (χ4n) is 0.142. The lowest BCUT2D eigenvalue weighted by Crippen LogP contribution is -1.98. The van der Waals surface area contributed by atoms with E-state index >= 15 is 0 Å². The van der Waals surface area contributed by atoms with Crippen LogP contribution in [0, 0.1) is 0 Å². The molecule has 0 fully saturated rings. The summed E-state index contributed by atoms with van der Waals surface area (Å²) < 4.78 is 0. The maximum absolute atomic E-state index is 9.86. The molecule has 0 saturated carbocycles. The Bertz CT molecular complexity index is 60.0. The van der Waals surface area contributed by atoms with Gasteiger partial charge in [0.2, 0.25) is 0 Å². The number of hydrogen-bond donors (Lipinski definition) is 0. The van der Waals surface area contributed by atoms with Gasteiger partial charge in [-0.25, -0.2) is 4.79 Å². The first-order valence-corrected chi connectivity index (χ1v) is 2.07. The molecule has 0 spiro atoms. The van der Waals surface area contributed by atoms with E-state index in [2.05, 4.69) is 9.78 Å². The molecule has 0 rings (SSSR count). The summed E-state index contributed by atoms with van der Waals surface area (Å²) in [6.07, 6.45) is 0. The van der Waals surface area contributed by atoms with Gasteiger partial charge in [-0.1, -0.05) is 0 Å². The lowest BCUT2D eigenvalue weighted by Gasteiger charge is -1.92. The smallest absolute Gasteiger partial charge is 0.299 e. The van der Waals surface area contributed by atoms with Gasteiger partial charge < -0.3 is 0 Å². The van der Waals surface area contributed by atoms with Gasteiger partial charge in [0.1, 0.15) is 0 Å². The summed E-state index contributed by atoms with van der Waals surface area (Å²) in [6, 6.07) is 0. The number of carbonyl (C=O) groups is 1. The summed E-state index contributed by atoms with van der Waals surface area (Å²) in [4.78, 5) is 18.2. The average Bonchev–Trinajstić information content (AvgIpc) is 1.61. The quantitative estimate of drug-likeness (QED) is 0.378. The molecule has 7 heavy (non-hydrogen) atoms. The lowest BCUT2D eigenvalue weighted by atomic mass is 10.8. The van der Waals surface area contributed by atoms with Gasteiger partial charge >= 0.3 is 5.97 Å². The van der Waals surface area contributed by atoms with Gasteiger partial charge in [-0.3, -0.25) is 4.89 Å². The molecule has 0 saturated heterocycles. The molecule has 0 aliphatic carbocycles. The first-order valence-electron chi connectivity index (χ1n) is 2.07. The highest BCUT2D eigenvalue weighted by Gasteiger charge is 1.86. The van der Waals surface area contributed by atoms with Crippen molar-refractivity contribution in [3.63, 3.8) is 0 Å². The first-order chi connectivity index (χ1) is 3.27. The highest BCUT2D eigenvalue weighted by Crippen LogP contribution is 1.75. The summed E-state index contributed by atoms with van der Waals surface area (Å²) >= 11 is 0. The van der Waals surface area contributed by atoms with E-state index in [1.54, 1.807) is 6.92 Å². The monoisotopic (exact) mass is 104 g/mol. The third-order valence-corrected chi connectivity index (χ3v) is 0.294. The first kappa shape index (κ1) is 6.43. The summed E-state index contributed by atoms with van der Waals surface area (Å²) in [7, 11) is 0. The van der Waals surface area contributed by atoms with Gasteiger partial charge in [0.15, 0.2) is 0 Å². The van der Waals surface area contributed by atoms with E-state index in [0.717, 1.165) is 0 Å². The molecule has 0 unspecified atom stereocenters. The summed E-state index contributed by atoms with van der Waals surface area (Å²) in [5.74, 6) is -0.415. The van der Waals surface area contributed by atoms with Crippen molar-refractivity contribution >= 4 is 5.97 Å². The summed E-state index contributed by atoms with van der Waals surface area (Å²) in [6.45, 7) is 3.43. The molecule has 3 nitrogen and oxygen atoms in total. The molecular weight excluding hydrogens is 96.0 g/mol. The van der Waals surface area contributed by atoms with Crippen LogP contribution < -0.4 is 0 Å². The van der Waals surface area contributed by atoms with Crippen LogP contribution in [0.5, 0.6) is 0 Å². The Morgan fingerprint density at radius 2 is 2.29 bits per heavy atom. The molecule has 0 aliphatic rings. The normalized spacial score (nSPS) is 8.29. The molecule has 0 bridgehead atoms. The standard InChI is InChI=1S/C4H8O3/c1-3-6-7-4(2)5/h3H2,1-2H3. The Hall–Kier alpha value is -0.570. The second-order valence-corrected chi connectivity index (χ2v) is 0.981. The zero-order valence-corrected chi connectivity index (χ0v) is 4.43. The minimum Gasteiger partial charge on any atom is -0.299 e. The van der Waals surface area contributed by atoms with Crippen LogP contribution in [0.1, 0.15) is 13.8 Å². The Morgan fingerprint density at radius 3 is 2.43 bits per heavy atom. The van der Waals surface area contributed by atoms with Gasteiger partial charge in [0.25, 0.3) is 0 Å². The van der Waals surface area contributed by atoms with Crippen molar-refractivity contribution in [2.45, 2.75) is 13.8 Å². The number of carbonyl (C=O) groups excluding carboxylic acids is 1. The largest absolute Gasteiger partial charge is 0.339 e.